The molecule has 1 saturated carbocycles. The molecule has 1 saturated heterocycles. The van der Waals surface area contributed by atoms with Crippen molar-refractivity contribution >= 4 is 29.1 Å². The topological polar surface area (TPSA) is 66.5 Å². The van der Waals surface area contributed by atoms with Crippen molar-refractivity contribution in [1.82, 2.24) is 0 Å². The predicted molar refractivity (Wildman–Crippen MR) is 113 cm³/mol. The molecule has 4 rings (SSSR count). The molecule has 1 aliphatic heterocycles. The van der Waals surface area contributed by atoms with Gasteiger partial charge in [0.15, 0.2) is 0 Å². The summed E-state index contributed by atoms with van der Waals surface area (Å²) < 4.78 is 0. The second kappa shape index (κ2) is 7.47. The van der Waals surface area contributed by atoms with Crippen LogP contribution < -0.4 is 10.2 Å². The zero-order chi connectivity index (χ0) is 20.7. The van der Waals surface area contributed by atoms with E-state index < -0.39 is 0 Å². The molecule has 0 radical (unpaired) electrons. The van der Waals surface area contributed by atoms with Crippen LogP contribution >= 0.6 is 0 Å². The number of carbonyl (C=O) groups excluding carboxylic acids is 3. The molecule has 0 unspecified atom stereocenters. The van der Waals surface area contributed by atoms with Crippen molar-refractivity contribution < 1.29 is 14.4 Å². The normalized spacial score (nSPS) is 23.8. The summed E-state index contributed by atoms with van der Waals surface area (Å²) in [6.45, 7) is 6.09. The lowest BCUT2D eigenvalue weighted by Crippen LogP contribution is -2.31. The number of hydrogen-bond acceptors (Lipinski definition) is 3. The number of rotatable bonds is 3. The number of carbonyl (C=O) groups is 3. The Labute approximate surface area is 171 Å². The number of imide groups is 1. The van der Waals surface area contributed by atoms with E-state index in [2.05, 4.69) is 12.2 Å². The lowest BCUT2D eigenvalue weighted by Gasteiger charge is -2.25. The van der Waals surface area contributed by atoms with Gasteiger partial charge in [-0.3, -0.25) is 19.3 Å². The van der Waals surface area contributed by atoms with Gasteiger partial charge in [0.1, 0.15) is 0 Å². The van der Waals surface area contributed by atoms with Crippen molar-refractivity contribution in [2.45, 2.75) is 40.0 Å². The van der Waals surface area contributed by atoms with Gasteiger partial charge < -0.3 is 5.32 Å². The lowest BCUT2D eigenvalue weighted by atomic mass is 9.76. The summed E-state index contributed by atoms with van der Waals surface area (Å²) in [4.78, 5) is 39.9. The monoisotopic (exact) mass is 390 g/mol. The fourth-order valence-corrected chi connectivity index (χ4v) is 4.68. The predicted octanol–water partition coefficient (Wildman–Crippen LogP) is 4.48. The minimum Gasteiger partial charge on any atom is -0.322 e. The zero-order valence-corrected chi connectivity index (χ0v) is 17.1. The number of benzene rings is 2. The number of fused-ring (bicyclic) bond motifs is 1. The quantitative estimate of drug-likeness (QED) is 0.786. The summed E-state index contributed by atoms with van der Waals surface area (Å²) in [5.41, 5.74) is 3.77. The van der Waals surface area contributed by atoms with Crippen molar-refractivity contribution in [3.63, 3.8) is 0 Å². The Morgan fingerprint density at radius 3 is 2.38 bits per heavy atom. The van der Waals surface area contributed by atoms with Gasteiger partial charge in [-0.2, -0.15) is 0 Å². The van der Waals surface area contributed by atoms with E-state index in [-0.39, 0.29) is 29.6 Å². The number of aryl methyl sites for hydroxylation is 2. The Kier molecular flexibility index (Phi) is 4.99. The van der Waals surface area contributed by atoms with Crippen LogP contribution in [0.3, 0.4) is 0 Å². The molecule has 2 aliphatic rings. The molecule has 5 nitrogen and oxygen atoms in total. The molecule has 1 aliphatic carbocycles. The highest BCUT2D eigenvalue weighted by molar-refractivity contribution is 6.22. The fourth-order valence-electron chi connectivity index (χ4n) is 4.68. The minimum atomic E-state index is -0.262. The van der Waals surface area contributed by atoms with Crippen LogP contribution in [0.15, 0.2) is 42.5 Å². The van der Waals surface area contributed by atoms with E-state index in [1.807, 2.05) is 32.0 Å². The summed E-state index contributed by atoms with van der Waals surface area (Å²) in [5, 5.41) is 2.91. The largest absolute Gasteiger partial charge is 0.322 e. The Hall–Kier alpha value is -2.95. The molecule has 3 amide bonds. The van der Waals surface area contributed by atoms with Gasteiger partial charge in [0, 0.05) is 11.3 Å². The van der Waals surface area contributed by atoms with Gasteiger partial charge in [-0.1, -0.05) is 19.1 Å². The summed E-state index contributed by atoms with van der Waals surface area (Å²) in [5.74, 6) is -0.493. The first-order chi connectivity index (χ1) is 13.8. The minimum absolute atomic E-state index is 0.126. The molecule has 5 heteroatoms. The highest BCUT2D eigenvalue weighted by Gasteiger charge is 2.50. The van der Waals surface area contributed by atoms with Crippen molar-refractivity contribution in [3.8, 4) is 0 Å². The second-order valence-electron chi connectivity index (χ2n) is 8.52. The van der Waals surface area contributed by atoms with E-state index in [4.69, 9.17) is 0 Å². The molecule has 0 bridgehead atoms. The highest BCUT2D eigenvalue weighted by atomic mass is 16.2. The second-order valence-corrected chi connectivity index (χ2v) is 8.52. The summed E-state index contributed by atoms with van der Waals surface area (Å²) in [6.07, 6.45) is 2.50. The van der Waals surface area contributed by atoms with Gasteiger partial charge in [0.25, 0.3) is 5.91 Å². The third-order valence-electron chi connectivity index (χ3n) is 6.03. The molecule has 0 aromatic heterocycles. The molecule has 0 spiro atoms. The first-order valence-electron chi connectivity index (χ1n) is 10.2. The van der Waals surface area contributed by atoms with Crippen LogP contribution in [0, 0.1) is 31.6 Å². The molecule has 3 atom stereocenters. The van der Waals surface area contributed by atoms with Crippen LogP contribution in [0.25, 0.3) is 0 Å². The van der Waals surface area contributed by atoms with Crippen LogP contribution in [-0.4, -0.2) is 17.7 Å². The standard InChI is InChI=1S/C24H26N2O3/c1-14-7-8-20-21(12-14)24(29)26(23(20)28)19-6-4-5-17(13-19)22(27)25-18-10-15(2)9-16(3)11-18/h4-6,9-11,13-14,20-21H,7-8,12H2,1-3H3,(H,25,27)/t14-,20-,21-/m1/s1. The molecular weight excluding hydrogens is 364 g/mol. The van der Waals surface area contributed by atoms with Gasteiger partial charge in [-0.05, 0) is 80.5 Å². The maximum absolute atomic E-state index is 12.9. The first kappa shape index (κ1) is 19.4. The Morgan fingerprint density at radius 1 is 0.966 bits per heavy atom. The van der Waals surface area contributed by atoms with Gasteiger partial charge in [0.2, 0.25) is 11.8 Å². The highest BCUT2D eigenvalue weighted by Crippen LogP contribution is 2.42. The zero-order valence-electron chi connectivity index (χ0n) is 17.1. The van der Waals surface area contributed by atoms with Crippen molar-refractivity contribution in [2.75, 3.05) is 10.2 Å². The lowest BCUT2D eigenvalue weighted by molar-refractivity contribution is -0.122. The molecule has 1 N–H and O–H groups in total. The van der Waals surface area contributed by atoms with Crippen molar-refractivity contribution in [2.24, 2.45) is 17.8 Å². The maximum atomic E-state index is 12.9. The summed E-state index contributed by atoms with van der Waals surface area (Å²) in [6, 6.07) is 12.6. The SMILES string of the molecule is Cc1cc(C)cc(NC(=O)c2cccc(N3C(=O)[C@@H]4CC[C@@H](C)C[C@H]4C3=O)c2)c1. The number of amides is 3. The van der Waals surface area contributed by atoms with Crippen molar-refractivity contribution in [1.29, 1.82) is 0 Å². The molecule has 2 fully saturated rings. The molecular formula is C24H26N2O3. The van der Waals surface area contributed by atoms with E-state index in [9.17, 15) is 14.4 Å². The molecule has 2 aromatic rings. The van der Waals surface area contributed by atoms with E-state index in [0.29, 0.717) is 17.2 Å². The van der Waals surface area contributed by atoms with Crippen LogP contribution in [0.2, 0.25) is 0 Å². The number of nitrogens with one attached hydrogen (secondary N) is 1. The number of nitrogens with zero attached hydrogens (tertiary/aromatic N) is 1. The average molecular weight is 390 g/mol. The van der Waals surface area contributed by atoms with Gasteiger partial charge in [-0.25, -0.2) is 0 Å². The van der Waals surface area contributed by atoms with Crippen LogP contribution in [-0.2, 0) is 9.59 Å². The number of hydrogen-bond donors (Lipinski definition) is 1. The smallest absolute Gasteiger partial charge is 0.255 e. The number of anilines is 2. The van der Waals surface area contributed by atoms with Crippen LogP contribution in [0.5, 0.6) is 0 Å². The molecule has 29 heavy (non-hydrogen) atoms. The molecule has 2 aromatic carbocycles. The third-order valence-corrected chi connectivity index (χ3v) is 6.03. The summed E-state index contributed by atoms with van der Waals surface area (Å²) in [7, 11) is 0. The van der Waals surface area contributed by atoms with Gasteiger partial charge >= 0.3 is 0 Å². The van der Waals surface area contributed by atoms with Crippen LogP contribution in [0.4, 0.5) is 11.4 Å². The average Bonchev–Trinajstić information content (AvgIpc) is 2.91. The molecule has 1 heterocycles. The summed E-state index contributed by atoms with van der Waals surface area (Å²) >= 11 is 0. The van der Waals surface area contributed by atoms with Crippen molar-refractivity contribution in [3.05, 3.63) is 59.2 Å². The van der Waals surface area contributed by atoms with Gasteiger partial charge in [-0.15, -0.1) is 0 Å². The first-order valence-corrected chi connectivity index (χ1v) is 10.2. The Bertz CT molecular complexity index is 977. The third kappa shape index (κ3) is 3.69. The van der Waals surface area contributed by atoms with E-state index in [1.165, 1.54) is 4.90 Å². The Morgan fingerprint density at radius 2 is 1.66 bits per heavy atom. The van der Waals surface area contributed by atoms with Crippen LogP contribution in [0.1, 0.15) is 47.7 Å². The Balaban J connectivity index is 1.58. The van der Waals surface area contributed by atoms with E-state index in [0.717, 1.165) is 36.1 Å². The fraction of sp³-hybridized carbons (Fsp3) is 0.375. The maximum Gasteiger partial charge on any atom is 0.255 e. The van der Waals surface area contributed by atoms with Gasteiger partial charge in [0.05, 0.1) is 17.5 Å². The van der Waals surface area contributed by atoms with E-state index >= 15 is 0 Å². The van der Waals surface area contributed by atoms with E-state index in [1.54, 1.807) is 24.3 Å². The molecule has 150 valence electrons.